The van der Waals surface area contributed by atoms with E-state index in [1.165, 1.54) is 0 Å². The zero-order valence-corrected chi connectivity index (χ0v) is 10.5. The Balaban J connectivity index is 2.74. The van der Waals surface area contributed by atoms with Crippen LogP contribution in [-0.4, -0.2) is 20.0 Å². The summed E-state index contributed by atoms with van der Waals surface area (Å²) in [6, 6.07) is 3.64. The Labute approximate surface area is 101 Å². The molecule has 3 heteroatoms. The highest BCUT2D eigenvalue weighted by molar-refractivity contribution is 6.09. The molecule has 1 aromatic rings. The second-order valence-electron chi connectivity index (χ2n) is 4.67. The van der Waals surface area contributed by atoms with Crippen LogP contribution in [0.3, 0.4) is 0 Å². The lowest BCUT2D eigenvalue weighted by Gasteiger charge is -2.28. The molecule has 0 heterocycles. The van der Waals surface area contributed by atoms with E-state index >= 15 is 0 Å². The van der Waals surface area contributed by atoms with Crippen molar-refractivity contribution in [2.45, 2.75) is 19.3 Å². The first-order chi connectivity index (χ1) is 7.99. The first-order valence-corrected chi connectivity index (χ1v) is 5.49. The average molecular weight is 232 g/mol. The SMILES string of the molecule is COc1cc(OC)c2c(c1)C(C)(C)C=CC2=O. The molecular weight excluding hydrogens is 216 g/mol. The van der Waals surface area contributed by atoms with Crippen molar-refractivity contribution in [2.75, 3.05) is 14.2 Å². The third-order valence-electron chi connectivity index (χ3n) is 3.12. The van der Waals surface area contributed by atoms with Crippen LogP contribution in [0.15, 0.2) is 24.3 Å². The van der Waals surface area contributed by atoms with E-state index in [4.69, 9.17) is 9.47 Å². The second kappa shape index (κ2) is 3.91. The first-order valence-electron chi connectivity index (χ1n) is 5.49. The Morgan fingerprint density at radius 3 is 2.41 bits per heavy atom. The number of ketones is 1. The fourth-order valence-electron chi connectivity index (χ4n) is 2.09. The molecule has 0 bridgehead atoms. The zero-order chi connectivity index (χ0) is 12.6. The van der Waals surface area contributed by atoms with Crippen LogP contribution in [0.5, 0.6) is 11.5 Å². The van der Waals surface area contributed by atoms with E-state index in [2.05, 4.69) is 13.8 Å². The predicted molar refractivity (Wildman–Crippen MR) is 66.0 cm³/mol. The summed E-state index contributed by atoms with van der Waals surface area (Å²) in [4.78, 5) is 11.9. The Kier molecular flexibility index (Phi) is 2.69. The third-order valence-corrected chi connectivity index (χ3v) is 3.12. The monoisotopic (exact) mass is 232 g/mol. The van der Waals surface area contributed by atoms with Gasteiger partial charge < -0.3 is 9.47 Å². The summed E-state index contributed by atoms with van der Waals surface area (Å²) in [5, 5.41) is 0. The zero-order valence-electron chi connectivity index (χ0n) is 10.5. The van der Waals surface area contributed by atoms with Gasteiger partial charge in [-0.05, 0) is 17.7 Å². The van der Waals surface area contributed by atoms with Crippen LogP contribution in [-0.2, 0) is 5.41 Å². The van der Waals surface area contributed by atoms with Crippen molar-refractivity contribution in [1.29, 1.82) is 0 Å². The van der Waals surface area contributed by atoms with Crippen molar-refractivity contribution in [1.82, 2.24) is 0 Å². The number of hydrogen-bond donors (Lipinski definition) is 0. The van der Waals surface area contributed by atoms with E-state index in [1.807, 2.05) is 12.1 Å². The largest absolute Gasteiger partial charge is 0.497 e. The lowest BCUT2D eigenvalue weighted by Crippen LogP contribution is -2.23. The lowest BCUT2D eigenvalue weighted by atomic mass is 9.76. The molecule has 0 amide bonds. The fraction of sp³-hybridized carbons (Fsp3) is 0.357. The van der Waals surface area contributed by atoms with Crippen molar-refractivity contribution in [3.05, 3.63) is 35.4 Å². The van der Waals surface area contributed by atoms with Crippen LogP contribution in [0.1, 0.15) is 29.8 Å². The van der Waals surface area contributed by atoms with Gasteiger partial charge in [-0.25, -0.2) is 0 Å². The van der Waals surface area contributed by atoms with Crippen molar-refractivity contribution in [2.24, 2.45) is 0 Å². The number of benzene rings is 1. The van der Waals surface area contributed by atoms with Gasteiger partial charge in [0.25, 0.3) is 0 Å². The van der Waals surface area contributed by atoms with Crippen LogP contribution in [0.2, 0.25) is 0 Å². The molecule has 0 radical (unpaired) electrons. The highest BCUT2D eigenvalue weighted by atomic mass is 16.5. The molecule has 0 saturated heterocycles. The quantitative estimate of drug-likeness (QED) is 0.786. The standard InChI is InChI=1S/C14H16O3/c1-14(2)6-5-11(15)13-10(14)7-9(16-3)8-12(13)17-4/h5-8H,1-4H3. The van der Waals surface area contributed by atoms with Gasteiger partial charge in [-0.15, -0.1) is 0 Å². The molecule has 0 spiro atoms. The maximum atomic E-state index is 11.9. The van der Waals surface area contributed by atoms with Gasteiger partial charge in [0.15, 0.2) is 5.78 Å². The molecule has 17 heavy (non-hydrogen) atoms. The second-order valence-corrected chi connectivity index (χ2v) is 4.67. The molecule has 1 aliphatic carbocycles. The summed E-state index contributed by atoms with van der Waals surface area (Å²) >= 11 is 0. The van der Waals surface area contributed by atoms with Crippen molar-refractivity contribution in [3.63, 3.8) is 0 Å². The molecule has 0 fully saturated rings. The fourth-order valence-corrected chi connectivity index (χ4v) is 2.09. The Bertz CT molecular complexity index is 498. The number of methoxy groups -OCH3 is 2. The molecule has 1 aromatic carbocycles. The topological polar surface area (TPSA) is 35.5 Å². The van der Waals surface area contributed by atoms with E-state index in [0.29, 0.717) is 17.1 Å². The Morgan fingerprint density at radius 2 is 1.82 bits per heavy atom. The van der Waals surface area contributed by atoms with Gasteiger partial charge in [-0.3, -0.25) is 4.79 Å². The number of carbonyl (C=O) groups is 1. The number of rotatable bonds is 2. The normalized spacial score (nSPS) is 16.6. The van der Waals surface area contributed by atoms with Crippen LogP contribution in [0.4, 0.5) is 0 Å². The molecule has 90 valence electrons. The van der Waals surface area contributed by atoms with Crippen molar-refractivity contribution >= 4 is 5.78 Å². The predicted octanol–water partition coefficient (Wildman–Crippen LogP) is 2.73. The van der Waals surface area contributed by atoms with Gasteiger partial charge in [-0.2, -0.15) is 0 Å². The van der Waals surface area contributed by atoms with Crippen molar-refractivity contribution in [3.8, 4) is 11.5 Å². The van der Waals surface area contributed by atoms with Gasteiger partial charge in [-0.1, -0.05) is 19.9 Å². The van der Waals surface area contributed by atoms with Crippen LogP contribution >= 0.6 is 0 Å². The molecule has 1 aliphatic rings. The van der Waals surface area contributed by atoms with E-state index in [0.717, 1.165) is 5.56 Å². The molecule has 0 N–H and O–H groups in total. The van der Waals surface area contributed by atoms with Gasteiger partial charge >= 0.3 is 0 Å². The van der Waals surface area contributed by atoms with E-state index in [9.17, 15) is 4.79 Å². The summed E-state index contributed by atoms with van der Waals surface area (Å²) < 4.78 is 10.5. The molecule has 2 rings (SSSR count). The number of allylic oxidation sites excluding steroid dienone is 2. The summed E-state index contributed by atoms with van der Waals surface area (Å²) in [6.07, 6.45) is 3.52. The minimum absolute atomic E-state index is 0.0150. The smallest absolute Gasteiger partial charge is 0.189 e. The van der Waals surface area contributed by atoms with E-state index < -0.39 is 0 Å². The Hall–Kier alpha value is -1.77. The minimum Gasteiger partial charge on any atom is -0.497 e. The van der Waals surface area contributed by atoms with E-state index in [-0.39, 0.29) is 11.2 Å². The number of carbonyl (C=O) groups excluding carboxylic acids is 1. The highest BCUT2D eigenvalue weighted by Crippen LogP contribution is 2.39. The maximum absolute atomic E-state index is 11.9. The molecule has 3 nitrogen and oxygen atoms in total. The summed E-state index contributed by atoms with van der Waals surface area (Å²) in [6.45, 7) is 4.13. The number of hydrogen-bond acceptors (Lipinski definition) is 3. The Morgan fingerprint density at radius 1 is 1.12 bits per heavy atom. The summed E-state index contributed by atoms with van der Waals surface area (Å²) in [7, 11) is 3.17. The van der Waals surface area contributed by atoms with Crippen LogP contribution < -0.4 is 9.47 Å². The molecule has 0 atom stereocenters. The molecule has 0 aromatic heterocycles. The minimum atomic E-state index is -0.189. The van der Waals surface area contributed by atoms with E-state index in [1.54, 1.807) is 26.4 Å². The van der Waals surface area contributed by atoms with Gasteiger partial charge in [0.2, 0.25) is 0 Å². The first kappa shape index (κ1) is 11.7. The van der Waals surface area contributed by atoms with Gasteiger partial charge in [0.05, 0.1) is 19.8 Å². The third kappa shape index (κ3) is 1.82. The van der Waals surface area contributed by atoms with Crippen molar-refractivity contribution < 1.29 is 14.3 Å². The van der Waals surface area contributed by atoms with Crippen LogP contribution in [0, 0.1) is 0 Å². The summed E-state index contributed by atoms with van der Waals surface area (Å²) in [5.74, 6) is 1.26. The molecular formula is C14H16O3. The highest BCUT2D eigenvalue weighted by Gasteiger charge is 2.30. The van der Waals surface area contributed by atoms with Gasteiger partial charge in [0.1, 0.15) is 11.5 Å². The summed E-state index contributed by atoms with van der Waals surface area (Å²) in [5.41, 5.74) is 1.40. The average Bonchev–Trinajstić information content (AvgIpc) is 2.33. The number of fused-ring (bicyclic) bond motifs is 1. The van der Waals surface area contributed by atoms with Gasteiger partial charge in [0, 0.05) is 11.5 Å². The molecule has 0 aliphatic heterocycles. The lowest BCUT2D eigenvalue weighted by molar-refractivity contribution is 0.103. The molecule has 0 unspecified atom stereocenters. The van der Waals surface area contributed by atoms with Crippen LogP contribution in [0.25, 0.3) is 0 Å². The maximum Gasteiger partial charge on any atom is 0.189 e. The molecule has 0 saturated carbocycles. The number of ether oxygens (including phenoxy) is 2.